The monoisotopic (exact) mass is 412 g/mol. The Hall–Kier alpha value is -3.03. The second-order valence-electron chi connectivity index (χ2n) is 8.45. The maximum absolute atomic E-state index is 12.9. The molecule has 3 amide bonds. The van der Waals surface area contributed by atoms with E-state index in [0.717, 1.165) is 6.42 Å². The molecule has 30 heavy (non-hydrogen) atoms. The number of ether oxygens (including phenoxy) is 1. The van der Waals surface area contributed by atoms with Crippen LogP contribution in [0.5, 0.6) is 0 Å². The SMILES string of the molecule is O=C(COC(=O)CCN1C(=O)[C@@H]2[C@H]3C=C[C@@H]([C@@H]4C[C@@H]34)[C@@H]2C1=O)Nc1ccc(F)cc1. The van der Waals surface area contributed by atoms with Gasteiger partial charge < -0.3 is 10.1 Å². The first-order valence-electron chi connectivity index (χ1n) is 10.2. The van der Waals surface area contributed by atoms with Gasteiger partial charge in [0.2, 0.25) is 11.8 Å². The van der Waals surface area contributed by atoms with E-state index in [-0.39, 0.29) is 48.5 Å². The van der Waals surface area contributed by atoms with Crippen LogP contribution in [-0.2, 0) is 23.9 Å². The zero-order valence-corrected chi connectivity index (χ0v) is 16.1. The van der Waals surface area contributed by atoms with Crippen molar-refractivity contribution in [2.45, 2.75) is 12.8 Å². The molecule has 0 spiro atoms. The third kappa shape index (κ3) is 3.11. The fourth-order valence-electron chi connectivity index (χ4n) is 5.39. The Morgan fingerprint density at radius 3 is 2.23 bits per heavy atom. The van der Waals surface area contributed by atoms with Crippen molar-refractivity contribution in [3.05, 3.63) is 42.2 Å². The standard InChI is InChI=1S/C22H21FN2O5/c23-11-1-3-12(4-2-11)24-17(26)10-30-18(27)7-8-25-21(28)19-13-5-6-14(16-9-15(13)16)20(19)22(25)29/h1-6,13-16,19-20H,7-10H2,(H,24,26)/t13-,14-,15-,16-,19-,20+/m0/s1. The smallest absolute Gasteiger partial charge is 0.308 e. The largest absolute Gasteiger partial charge is 0.456 e. The normalized spacial score (nSPS) is 32.6. The molecule has 6 atom stereocenters. The lowest BCUT2D eigenvalue weighted by molar-refractivity contribution is -0.148. The van der Waals surface area contributed by atoms with E-state index in [1.165, 1.54) is 29.2 Å². The van der Waals surface area contributed by atoms with Gasteiger partial charge in [-0.3, -0.25) is 24.1 Å². The molecule has 7 nitrogen and oxygen atoms in total. The van der Waals surface area contributed by atoms with Gasteiger partial charge in [0.05, 0.1) is 18.3 Å². The number of benzene rings is 1. The minimum Gasteiger partial charge on any atom is -0.456 e. The molecule has 1 aliphatic heterocycles. The Morgan fingerprint density at radius 2 is 1.63 bits per heavy atom. The molecule has 156 valence electrons. The predicted molar refractivity (Wildman–Crippen MR) is 102 cm³/mol. The number of allylic oxidation sites excluding steroid dienone is 2. The number of amides is 3. The zero-order chi connectivity index (χ0) is 21.0. The van der Waals surface area contributed by atoms with E-state index >= 15 is 0 Å². The number of anilines is 1. The molecule has 3 fully saturated rings. The molecule has 0 radical (unpaired) electrons. The number of rotatable bonds is 6. The summed E-state index contributed by atoms with van der Waals surface area (Å²) in [6, 6.07) is 5.19. The van der Waals surface area contributed by atoms with Crippen LogP contribution in [-0.4, -0.2) is 41.7 Å². The molecule has 1 aromatic carbocycles. The van der Waals surface area contributed by atoms with Gasteiger partial charge in [-0.1, -0.05) is 12.2 Å². The Bertz CT molecular complexity index is 923. The summed E-state index contributed by atoms with van der Waals surface area (Å²) in [5.41, 5.74) is 0.384. The average molecular weight is 412 g/mol. The predicted octanol–water partition coefficient (Wildman–Crippen LogP) is 1.75. The quantitative estimate of drug-likeness (QED) is 0.437. The molecule has 4 aliphatic carbocycles. The number of hydrogen-bond donors (Lipinski definition) is 1. The van der Waals surface area contributed by atoms with Crippen molar-refractivity contribution in [3.8, 4) is 0 Å². The summed E-state index contributed by atoms with van der Waals surface area (Å²) in [6.07, 6.45) is 5.14. The Kier molecular flexibility index (Phi) is 4.45. The average Bonchev–Trinajstić information content (AvgIpc) is 3.52. The van der Waals surface area contributed by atoms with Crippen LogP contribution in [0.3, 0.4) is 0 Å². The van der Waals surface area contributed by atoms with Crippen molar-refractivity contribution < 1.29 is 28.3 Å². The molecule has 1 N–H and O–H groups in total. The number of esters is 1. The van der Waals surface area contributed by atoms with Crippen LogP contribution in [0.1, 0.15) is 12.8 Å². The lowest BCUT2D eigenvalue weighted by Crippen LogP contribution is -2.40. The number of carbonyl (C=O) groups is 4. The number of imide groups is 1. The summed E-state index contributed by atoms with van der Waals surface area (Å²) in [6.45, 7) is -0.529. The zero-order valence-electron chi connectivity index (χ0n) is 16.1. The third-order valence-corrected chi connectivity index (χ3v) is 6.79. The minimum atomic E-state index is -0.663. The Balaban J connectivity index is 1.11. The maximum atomic E-state index is 12.9. The highest BCUT2D eigenvalue weighted by atomic mass is 19.1. The maximum Gasteiger partial charge on any atom is 0.308 e. The number of likely N-dealkylation sites (tertiary alicyclic amines) is 1. The van der Waals surface area contributed by atoms with E-state index in [1.54, 1.807) is 0 Å². The highest BCUT2D eigenvalue weighted by Gasteiger charge is 2.66. The van der Waals surface area contributed by atoms with Gasteiger partial charge in [0.1, 0.15) is 5.82 Å². The van der Waals surface area contributed by atoms with E-state index in [4.69, 9.17) is 4.74 Å². The topological polar surface area (TPSA) is 92.8 Å². The molecular formula is C22H21FN2O5. The highest BCUT2D eigenvalue weighted by Crippen LogP contribution is 2.65. The van der Waals surface area contributed by atoms with Crippen LogP contribution in [0.4, 0.5) is 10.1 Å². The molecule has 1 heterocycles. The second-order valence-corrected chi connectivity index (χ2v) is 8.45. The van der Waals surface area contributed by atoms with E-state index < -0.39 is 24.3 Å². The molecule has 0 aromatic heterocycles. The number of nitrogens with one attached hydrogen (secondary N) is 1. The number of halogens is 1. The first kappa shape index (κ1) is 19.0. The molecule has 5 aliphatic rings. The van der Waals surface area contributed by atoms with E-state index in [0.29, 0.717) is 17.5 Å². The Labute approximate surface area is 172 Å². The van der Waals surface area contributed by atoms with Crippen LogP contribution in [0, 0.1) is 41.3 Å². The van der Waals surface area contributed by atoms with E-state index in [1.807, 2.05) is 0 Å². The first-order chi connectivity index (χ1) is 14.4. The third-order valence-electron chi connectivity index (χ3n) is 6.79. The molecule has 2 bridgehead atoms. The van der Waals surface area contributed by atoms with Crippen molar-refractivity contribution in [3.63, 3.8) is 0 Å². The van der Waals surface area contributed by atoms with Crippen LogP contribution >= 0.6 is 0 Å². The molecule has 6 rings (SSSR count). The van der Waals surface area contributed by atoms with Gasteiger partial charge in [-0.2, -0.15) is 0 Å². The van der Waals surface area contributed by atoms with Crippen molar-refractivity contribution in [2.24, 2.45) is 35.5 Å². The van der Waals surface area contributed by atoms with Crippen molar-refractivity contribution in [2.75, 3.05) is 18.5 Å². The van der Waals surface area contributed by atoms with Crippen LogP contribution in [0.2, 0.25) is 0 Å². The van der Waals surface area contributed by atoms with E-state index in [2.05, 4.69) is 17.5 Å². The van der Waals surface area contributed by atoms with E-state index in [9.17, 15) is 23.6 Å². The van der Waals surface area contributed by atoms with Crippen molar-refractivity contribution in [1.29, 1.82) is 0 Å². The van der Waals surface area contributed by atoms with Crippen LogP contribution in [0.15, 0.2) is 36.4 Å². The minimum absolute atomic E-state index is 0.0299. The molecule has 2 saturated carbocycles. The fourth-order valence-corrected chi connectivity index (χ4v) is 5.39. The van der Waals surface area contributed by atoms with Gasteiger partial charge in [0, 0.05) is 12.2 Å². The number of carbonyl (C=O) groups excluding carboxylic acids is 4. The molecule has 0 unspecified atom stereocenters. The summed E-state index contributed by atoms with van der Waals surface area (Å²) in [5.74, 6) is -1.23. The first-order valence-corrected chi connectivity index (χ1v) is 10.2. The van der Waals surface area contributed by atoms with Crippen LogP contribution < -0.4 is 5.32 Å². The molecule has 8 heteroatoms. The lowest BCUT2D eigenvalue weighted by Gasteiger charge is -2.37. The lowest BCUT2D eigenvalue weighted by atomic mass is 9.63. The fraction of sp³-hybridized carbons (Fsp3) is 0.455. The number of hydrogen-bond acceptors (Lipinski definition) is 5. The van der Waals surface area contributed by atoms with Gasteiger partial charge in [-0.25, -0.2) is 4.39 Å². The van der Waals surface area contributed by atoms with Gasteiger partial charge in [-0.05, 0) is 54.4 Å². The Morgan fingerprint density at radius 1 is 1.03 bits per heavy atom. The van der Waals surface area contributed by atoms with Gasteiger partial charge >= 0.3 is 5.97 Å². The van der Waals surface area contributed by atoms with Gasteiger partial charge in [0.15, 0.2) is 6.61 Å². The van der Waals surface area contributed by atoms with Gasteiger partial charge in [0.25, 0.3) is 5.91 Å². The summed E-state index contributed by atoms with van der Waals surface area (Å²) in [7, 11) is 0. The van der Waals surface area contributed by atoms with Crippen molar-refractivity contribution in [1.82, 2.24) is 4.90 Å². The summed E-state index contributed by atoms with van der Waals surface area (Å²) in [5, 5.41) is 2.49. The summed E-state index contributed by atoms with van der Waals surface area (Å²) >= 11 is 0. The second kappa shape index (κ2) is 7.04. The summed E-state index contributed by atoms with van der Waals surface area (Å²) in [4.78, 5) is 50.7. The highest BCUT2D eigenvalue weighted by molar-refractivity contribution is 6.06. The molecular weight excluding hydrogens is 391 g/mol. The molecule has 1 saturated heterocycles. The van der Waals surface area contributed by atoms with Crippen LogP contribution in [0.25, 0.3) is 0 Å². The van der Waals surface area contributed by atoms with Crippen molar-refractivity contribution >= 4 is 29.4 Å². The van der Waals surface area contributed by atoms with Gasteiger partial charge in [-0.15, -0.1) is 0 Å². The summed E-state index contributed by atoms with van der Waals surface area (Å²) < 4.78 is 17.8. The number of nitrogens with zero attached hydrogens (tertiary/aromatic N) is 1. The molecule has 1 aromatic rings.